The maximum absolute atomic E-state index is 12.8. The summed E-state index contributed by atoms with van der Waals surface area (Å²) in [5.74, 6) is -1.25. The number of anilines is 1. The monoisotopic (exact) mass is 348 g/mol. The van der Waals surface area contributed by atoms with Gasteiger partial charge in [0.2, 0.25) is 10.0 Å². The Morgan fingerprint density at radius 2 is 1.83 bits per heavy atom. The summed E-state index contributed by atoms with van der Waals surface area (Å²) in [5, 5.41) is 18.7. The third kappa shape index (κ3) is 3.06. The molecule has 0 atom stereocenters. The SMILES string of the molecule is O=C(O)CN1CN(Cc2ccccc2)S(=O)(=O)c2cc(O)ccc21. The third-order valence-corrected chi connectivity index (χ3v) is 5.57. The molecule has 0 saturated heterocycles. The van der Waals surface area contributed by atoms with Gasteiger partial charge in [-0.25, -0.2) is 8.42 Å². The molecule has 0 bridgehead atoms. The largest absolute Gasteiger partial charge is 0.508 e. The van der Waals surface area contributed by atoms with Crippen LogP contribution in [0.2, 0.25) is 0 Å². The van der Waals surface area contributed by atoms with Crippen molar-refractivity contribution in [2.24, 2.45) is 0 Å². The van der Waals surface area contributed by atoms with Gasteiger partial charge in [-0.2, -0.15) is 4.31 Å². The summed E-state index contributed by atoms with van der Waals surface area (Å²) in [6, 6.07) is 13.0. The number of carboxylic acids is 1. The average molecular weight is 348 g/mol. The maximum Gasteiger partial charge on any atom is 0.323 e. The molecular weight excluding hydrogens is 332 g/mol. The number of benzene rings is 2. The van der Waals surface area contributed by atoms with Gasteiger partial charge in [0.05, 0.1) is 12.4 Å². The Morgan fingerprint density at radius 3 is 2.50 bits per heavy atom. The molecule has 0 radical (unpaired) electrons. The highest BCUT2D eigenvalue weighted by atomic mass is 32.2. The van der Waals surface area contributed by atoms with Gasteiger partial charge in [-0.05, 0) is 17.7 Å². The first-order valence-electron chi connectivity index (χ1n) is 7.22. The van der Waals surface area contributed by atoms with Gasteiger partial charge in [0.1, 0.15) is 17.2 Å². The highest BCUT2D eigenvalue weighted by Gasteiger charge is 2.36. The number of rotatable bonds is 4. The van der Waals surface area contributed by atoms with E-state index in [1.54, 1.807) is 24.3 Å². The number of aliphatic carboxylic acids is 1. The lowest BCUT2D eigenvalue weighted by molar-refractivity contribution is -0.135. The predicted octanol–water partition coefficient (Wildman–Crippen LogP) is 1.45. The minimum absolute atomic E-state index is 0.0682. The van der Waals surface area contributed by atoms with Crippen LogP contribution in [-0.2, 0) is 21.4 Å². The van der Waals surface area contributed by atoms with Crippen molar-refractivity contribution in [3.63, 3.8) is 0 Å². The smallest absolute Gasteiger partial charge is 0.323 e. The molecule has 1 aliphatic heterocycles. The lowest BCUT2D eigenvalue weighted by atomic mass is 10.2. The fraction of sp³-hybridized carbons (Fsp3) is 0.188. The van der Waals surface area contributed by atoms with Gasteiger partial charge in [0, 0.05) is 12.6 Å². The summed E-state index contributed by atoms with van der Waals surface area (Å²) < 4.78 is 26.9. The van der Waals surface area contributed by atoms with E-state index in [1.165, 1.54) is 21.3 Å². The normalized spacial score (nSPS) is 16.6. The Kier molecular flexibility index (Phi) is 4.16. The van der Waals surface area contributed by atoms with Gasteiger partial charge >= 0.3 is 5.97 Å². The first-order valence-corrected chi connectivity index (χ1v) is 8.66. The summed E-state index contributed by atoms with van der Waals surface area (Å²) >= 11 is 0. The molecule has 8 heteroatoms. The lowest BCUT2D eigenvalue weighted by Gasteiger charge is -2.36. The Labute approximate surface area is 139 Å². The lowest BCUT2D eigenvalue weighted by Crippen LogP contribution is -2.47. The zero-order valence-corrected chi connectivity index (χ0v) is 13.5. The van der Waals surface area contributed by atoms with Crippen molar-refractivity contribution in [3.05, 3.63) is 54.1 Å². The first-order chi connectivity index (χ1) is 11.4. The van der Waals surface area contributed by atoms with E-state index in [2.05, 4.69) is 0 Å². The summed E-state index contributed by atoms with van der Waals surface area (Å²) in [5.41, 5.74) is 1.07. The van der Waals surface area contributed by atoms with Crippen LogP contribution in [0.25, 0.3) is 0 Å². The van der Waals surface area contributed by atoms with Crippen LogP contribution in [0, 0.1) is 0 Å². The number of fused-ring (bicyclic) bond motifs is 1. The van der Waals surface area contributed by atoms with Gasteiger partial charge < -0.3 is 15.1 Å². The molecule has 0 fully saturated rings. The van der Waals surface area contributed by atoms with E-state index < -0.39 is 16.0 Å². The van der Waals surface area contributed by atoms with Crippen LogP contribution in [0.4, 0.5) is 5.69 Å². The van der Waals surface area contributed by atoms with Crippen LogP contribution in [-0.4, -0.2) is 42.1 Å². The highest BCUT2D eigenvalue weighted by molar-refractivity contribution is 7.89. The molecule has 1 aliphatic rings. The standard InChI is InChI=1S/C16H16N2O5S/c19-13-6-7-14-15(8-13)24(22,23)18(11-17(14)10-16(20)21)9-12-4-2-1-3-5-12/h1-8,19H,9-11H2,(H,20,21). The van der Waals surface area contributed by atoms with E-state index >= 15 is 0 Å². The Morgan fingerprint density at radius 1 is 1.12 bits per heavy atom. The van der Waals surface area contributed by atoms with Gasteiger partial charge in [-0.3, -0.25) is 4.79 Å². The quantitative estimate of drug-likeness (QED) is 0.868. The fourth-order valence-corrected chi connectivity index (χ4v) is 4.29. The van der Waals surface area contributed by atoms with Crippen molar-refractivity contribution in [2.45, 2.75) is 11.4 Å². The van der Waals surface area contributed by atoms with E-state index in [0.29, 0.717) is 0 Å². The van der Waals surface area contributed by atoms with Crippen molar-refractivity contribution in [1.82, 2.24) is 4.31 Å². The van der Waals surface area contributed by atoms with Crippen molar-refractivity contribution in [2.75, 3.05) is 18.1 Å². The minimum Gasteiger partial charge on any atom is -0.508 e. The molecule has 0 saturated carbocycles. The Balaban J connectivity index is 2.04. The fourth-order valence-electron chi connectivity index (χ4n) is 2.67. The number of carboxylic acid groups (broad SMARTS) is 1. The second kappa shape index (κ2) is 6.14. The van der Waals surface area contributed by atoms with Gasteiger partial charge in [0.15, 0.2) is 0 Å². The van der Waals surface area contributed by atoms with E-state index in [1.807, 2.05) is 6.07 Å². The Bertz CT molecular complexity index is 867. The second-order valence-corrected chi connectivity index (χ2v) is 7.39. The van der Waals surface area contributed by atoms with Crippen molar-refractivity contribution in [1.29, 1.82) is 0 Å². The van der Waals surface area contributed by atoms with E-state index in [0.717, 1.165) is 11.6 Å². The number of nitrogens with zero attached hydrogens (tertiary/aromatic N) is 2. The van der Waals surface area contributed by atoms with Crippen LogP contribution in [0.15, 0.2) is 53.4 Å². The molecule has 0 aromatic heterocycles. The van der Waals surface area contributed by atoms with E-state index in [-0.39, 0.29) is 36.1 Å². The molecule has 0 spiro atoms. The number of phenols is 1. The second-order valence-electron chi connectivity index (χ2n) is 5.49. The predicted molar refractivity (Wildman–Crippen MR) is 87.1 cm³/mol. The van der Waals surface area contributed by atoms with Gasteiger partial charge in [0.25, 0.3) is 0 Å². The Hall–Kier alpha value is -2.58. The summed E-state index contributed by atoms with van der Waals surface area (Å²) in [6.07, 6.45) is 0. The van der Waals surface area contributed by atoms with Crippen molar-refractivity contribution in [3.8, 4) is 5.75 Å². The van der Waals surface area contributed by atoms with Crippen LogP contribution in [0.5, 0.6) is 5.75 Å². The summed E-state index contributed by atoms with van der Waals surface area (Å²) in [4.78, 5) is 12.5. The molecule has 2 N–H and O–H groups in total. The molecule has 0 unspecified atom stereocenters. The molecule has 0 amide bonds. The molecule has 2 aromatic carbocycles. The summed E-state index contributed by atoms with van der Waals surface area (Å²) in [7, 11) is -3.83. The first kappa shape index (κ1) is 16.3. The summed E-state index contributed by atoms with van der Waals surface area (Å²) in [6.45, 7) is -0.283. The average Bonchev–Trinajstić information content (AvgIpc) is 2.53. The van der Waals surface area contributed by atoms with E-state index in [4.69, 9.17) is 5.11 Å². The minimum atomic E-state index is -3.83. The van der Waals surface area contributed by atoms with Crippen molar-refractivity contribution < 1.29 is 23.4 Å². The maximum atomic E-state index is 12.8. The number of hydrogen-bond acceptors (Lipinski definition) is 5. The zero-order chi connectivity index (χ0) is 17.3. The molecule has 7 nitrogen and oxygen atoms in total. The van der Waals surface area contributed by atoms with E-state index in [9.17, 15) is 18.3 Å². The van der Waals surface area contributed by atoms with Gasteiger partial charge in [-0.15, -0.1) is 0 Å². The molecule has 1 heterocycles. The van der Waals surface area contributed by atoms with Crippen LogP contribution >= 0.6 is 0 Å². The number of carbonyl (C=O) groups is 1. The molecule has 126 valence electrons. The molecule has 3 rings (SSSR count). The van der Waals surface area contributed by atoms with Crippen LogP contribution in [0.3, 0.4) is 0 Å². The number of hydrogen-bond donors (Lipinski definition) is 2. The van der Waals surface area contributed by atoms with Crippen LogP contribution < -0.4 is 4.90 Å². The number of aromatic hydroxyl groups is 1. The molecular formula is C16H16N2O5S. The van der Waals surface area contributed by atoms with Crippen LogP contribution in [0.1, 0.15) is 5.56 Å². The molecule has 24 heavy (non-hydrogen) atoms. The highest BCUT2D eigenvalue weighted by Crippen LogP contribution is 2.36. The molecule has 2 aromatic rings. The third-order valence-electron chi connectivity index (χ3n) is 3.76. The number of sulfonamides is 1. The number of phenolic OH excluding ortho intramolecular Hbond substituents is 1. The topological polar surface area (TPSA) is 98.2 Å². The zero-order valence-electron chi connectivity index (χ0n) is 12.7. The molecule has 0 aliphatic carbocycles. The van der Waals surface area contributed by atoms with Crippen molar-refractivity contribution >= 4 is 21.7 Å². The van der Waals surface area contributed by atoms with Gasteiger partial charge in [-0.1, -0.05) is 30.3 Å².